The van der Waals surface area contributed by atoms with Gasteiger partial charge in [-0.25, -0.2) is 0 Å². The Bertz CT molecular complexity index is 987. The number of aromatic nitrogens is 2. The topological polar surface area (TPSA) is 64.1 Å². The van der Waals surface area contributed by atoms with Crippen molar-refractivity contribution >= 4 is 57.3 Å². The number of amides is 1. The number of carbonyl (C=O) groups is 1. The van der Waals surface area contributed by atoms with E-state index in [1.807, 2.05) is 0 Å². The Labute approximate surface area is 194 Å². The summed E-state index contributed by atoms with van der Waals surface area (Å²) in [5, 5.41) is 11.9. The van der Waals surface area contributed by atoms with Crippen molar-refractivity contribution in [3.8, 4) is 5.75 Å². The molecule has 0 atom stereocenters. The van der Waals surface area contributed by atoms with Gasteiger partial charge in [0.05, 0.1) is 16.7 Å². The van der Waals surface area contributed by atoms with Crippen LogP contribution in [0.25, 0.3) is 0 Å². The number of ether oxygens (including phenoxy) is 1. The molecule has 0 saturated carbocycles. The molecule has 1 heterocycles. The van der Waals surface area contributed by atoms with Gasteiger partial charge in [-0.15, -0.1) is 10.2 Å². The number of benzene rings is 2. The standard InChI is InChI=1S/C21H21Cl2N3O2S2/c1-3-4-9-28-18-16(22)10-15(11-17(18)23)19(27)24-20-25-26-21(30-20)29-12-14-7-5-13(2)6-8-14/h5-8,10-11H,3-4,9,12H2,1-2H3,(H,24,25,27). The predicted molar refractivity (Wildman–Crippen MR) is 125 cm³/mol. The molecule has 1 N–H and O–H groups in total. The highest BCUT2D eigenvalue weighted by atomic mass is 35.5. The highest BCUT2D eigenvalue weighted by molar-refractivity contribution is 8.00. The molecule has 9 heteroatoms. The van der Waals surface area contributed by atoms with E-state index < -0.39 is 0 Å². The molecule has 1 aromatic heterocycles. The number of thioether (sulfide) groups is 1. The van der Waals surface area contributed by atoms with Crippen LogP contribution in [0.3, 0.4) is 0 Å². The smallest absolute Gasteiger partial charge is 0.257 e. The van der Waals surface area contributed by atoms with E-state index in [-0.39, 0.29) is 5.91 Å². The van der Waals surface area contributed by atoms with Gasteiger partial charge in [0.25, 0.3) is 5.91 Å². The summed E-state index contributed by atoms with van der Waals surface area (Å²) in [6.45, 7) is 4.65. The quantitative estimate of drug-likeness (QED) is 0.205. The summed E-state index contributed by atoms with van der Waals surface area (Å²) < 4.78 is 6.39. The minimum Gasteiger partial charge on any atom is -0.490 e. The van der Waals surface area contributed by atoms with Crippen LogP contribution in [0.4, 0.5) is 5.13 Å². The molecule has 0 saturated heterocycles. The summed E-state index contributed by atoms with van der Waals surface area (Å²) in [6, 6.07) is 11.4. The Morgan fingerprint density at radius 2 is 1.87 bits per heavy atom. The predicted octanol–water partition coefficient (Wildman–Crippen LogP) is 6.88. The van der Waals surface area contributed by atoms with Gasteiger partial charge in [-0.05, 0) is 31.0 Å². The summed E-state index contributed by atoms with van der Waals surface area (Å²) in [4.78, 5) is 12.6. The molecule has 0 aliphatic carbocycles. The van der Waals surface area contributed by atoms with E-state index in [1.54, 1.807) is 11.8 Å². The van der Waals surface area contributed by atoms with Crippen LogP contribution in [0.5, 0.6) is 5.75 Å². The Kier molecular flexibility index (Phi) is 8.39. The third-order valence-corrected chi connectivity index (χ3v) is 6.72. The van der Waals surface area contributed by atoms with E-state index >= 15 is 0 Å². The molecular formula is C21H21Cl2N3O2S2. The van der Waals surface area contributed by atoms with E-state index in [9.17, 15) is 4.79 Å². The summed E-state index contributed by atoms with van der Waals surface area (Å²) in [5.74, 6) is 0.826. The maximum absolute atomic E-state index is 12.6. The molecule has 5 nitrogen and oxygen atoms in total. The average Bonchev–Trinajstić information content (AvgIpc) is 3.17. The van der Waals surface area contributed by atoms with Crippen LogP contribution in [0.1, 0.15) is 41.3 Å². The largest absolute Gasteiger partial charge is 0.490 e. The van der Waals surface area contributed by atoms with E-state index in [0.29, 0.717) is 33.1 Å². The summed E-state index contributed by atoms with van der Waals surface area (Å²) in [5.41, 5.74) is 2.76. The van der Waals surface area contributed by atoms with E-state index in [1.165, 1.54) is 34.6 Å². The molecule has 2 aromatic carbocycles. The summed E-state index contributed by atoms with van der Waals surface area (Å²) in [7, 11) is 0. The fourth-order valence-electron chi connectivity index (χ4n) is 2.46. The minimum absolute atomic E-state index is 0.301. The highest BCUT2D eigenvalue weighted by Gasteiger charge is 2.16. The van der Waals surface area contributed by atoms with Crippen LogP contribution in [0, 0.1) is 6.92 Å². The molecule has 3 aromatic rings. The molecule has 0 fully saturated rings. The van der Waals surface area contributed by atoms with Gasteiger partial charge in [0.1, 0.15) is 0 Å². The number of carbonyl (C=O) groups excluding carboxylic acids is 1. The van der Waals surface area contributed by atoms with Crippen LogP contribution >= 0.6 is 46.3 Å². The van der Waals surface area contributed by atoms with Gasteiger partial charge in [0, 0.05) is 11.3 Å². The van der Waals surface area contributed by atoms with Crippen molar-refractivity contribution in [3.05, 3.63) is 63.1 Å². The van der Waals surface area contributed by atoms with Gasteiger partial charge in [-0.1, -0.05) is 89.5 Å². The summed E-state index contributed by atoms with van der Waals surface area (Å²) in [6.07, 6.45) is 1.90. The lowest BCUT2D eigenvalue weighted by atomic mass is 10.2. The lowest BCUT2D eigenvalue weighted by molar-refractivity contribution is 0.102. The van der Waals surface area contributed by atoms with Gasteiger partial charge in [0.15, 0.2) is 10.1 Å². The molecule has 0 radical (unpaired) electrons. The van der Waals surface area contributed by atoms with Crippen molar-refractivity contribution < 1.29 is 9.53 Å². The molecule has 158 valence electrons. The Balaban J connectivity index is 1.60. The van der Waals surface area contributed by atoms with Gasteiger partial charge < -0.3 is 4.74 Å². The fourth-order valence-corrected chi connectivity index (χ4v) is 4.76. The van der Waals surface area contributed by atoms with E-state index in [2.05, 4.69) is 53.6 Å². The normalized spacial score (nSPS) is 10.8. The molecule has 0 spiro atoms. The van der Waals surface area contributed by atoms with Crippen molar-refractivity contribution in [3.63, 3.8) is 0 Å². The molecular weight excluding hydrogens is 461 g/mol. The molecule has 1 amide bonds. The van der Waals surface area contributed by atoms with Gasteiger partial charge in [-0.3, -0.25) is 10.1 Å². The van der Waals surface area contributed by atoms with Gasteiger partial charge in [0.2, 0.25) is 5.13 Å². The second-order valence-electron chi connectivity index (χ2n) is 6.57. The first-order valence-electron chi connectivity index (χ1n) is 9.41. The van der Waals surface area contributed by atoms with Crippen molar-refractivity contribution in [1.29, 1.82) is 0 Å². The van der Waals surface area contributed by atoms with Crippen molar-refractivity contribution in [1.82, 2.24) is 10.2 Å². The van der Waals surface area contributed by atoms with Crippen LogP contribution in [-0.2, 0) is 5.75 Å². The van der Waals surface area contributed by atoms with E-state index in [4.69, 9.17) is 27.9 Å². The summed E-state index contributed by atoms with van der Waals surface area (Å²) >= 11 is 15.4. The minimum atomic E-state index is -0.356. The lowest BCUT2D eigenvalue weighted by Crippen LogP contribution is -2.12. The number of halogens is 2. The van der Waals surface area contributed by atoms with E-state index in [0.717, 1.165) is 22.9 Å². The third-order valence-electron chi connectivity index (χ3n) is 4.11. The number of unbranched alkanes of at least 4 members (excludes halogenated alkanes) is 1. The number of nitrogens with zero attached hydrogens (tertiary/aromatic N) is 2. The van der Waals surface area contributed by atoms with Crippen LogP contribution in [0.2, 0.25) is 10.0 Å². The van der Waals surface area contributed by atoms with Crippen molar-refractivity contribution in [2.45, 2.75) is 36.8 Å². The highest BCUT2D eigenvalue weighted by Crippen LogP contribution is 2.35. The molecule has 0 bridgehead atoms. The first kappa shape index (κ1) is 22.9. The second-order valence-corrected chi connectivity index (χ2v) is 9.59. The number of nitrogens with one attached hydrogen (secondary N) is 1. The zero-order chi connectivity index (χ0) is 21.5. The van der Waals surface area contributed by atoms with Gasteiger partial charge in [-0.2, -0.15) is 0 Å². The number of rotatable bonds is 9. The van der Waals surface area contributed by atoms with Crippen LogP contribution in [-0.4, -0.2) is 22.7 Å². The second kappa shape index (κ2) is 11.0. The van der Waals surface area contributed by atoms with Crippen molar-refractivity contribution in [2.75, 3.05) is 11.9 Å². The fraction of sp³-hybridized carbons (Fsp3) is 0.286. The Hall–Kier alpha value is -1.80. The maximum atomic E-state index is 12.6. The zero-order valence-corrected chi connectivity index (χ0v) is 19.7. The van der Waals surface area contributed by atoms with Crippen LogP contribution in [0.15, 0.2) is 40.7 Å². The van der Waals surface area contributed by atoms with Crippen molar-refractivity contribution in [2.24, 2.45) is 0 Å². The van der Waals surface area contributed by atoms with Gasteiger partial charge >= 0.3 is 0 Å². The number of hydrogen-bond donors (Lipinski definition) is 1. The van der Waals surface area contributed by atoms with Crippen LogP contribution < -0.4 is 10.1 Å². The third kappa shape index (κ3) is 6.35. The molecule has 30 heavy (non-hydrogen) atoms. The Morgan fingerprint density at radius 1 is 1.17 bits per heavy atom. The molecule has 0 unspecified atom stereocenters. The monoisotopic (exact) mass is 481 g/mol. The Morgan fingerprint density at radius 3 is 2.53 bits per heavy atom. The number of aryl methyl sites for hydroxylation is 1. The maximum Gasteiger partial charge on any atom is 0.257 e. The molecule has 0 aliphatic heterocycles. The SMILES string of the molecule is CCCCOc1c(Cl)cc(C(=O)Nc2nnc(SCc3ccc(C)cc3)s2)cc1Cl. The molecule has 0 aliphatic rings. The first-order valence-corrected chi connectivity index (χ1v) is 12.0. The molecule has 3 rings (SSSR count). The lowest BCUT2D eigenvalue weighted by Gasteiger charge is -2.11. The average molecular weight is 482 g/mol. The zero-order valence-electron chi connectivity index (χ0n) is 16.6. The number of hydrogen-bond acceptors (Lipinski definition) is 6. The first-order chi connectivity index (χ1) is 14.5. The number of anilines is 1.